The lowest BCUT2D eigenvalue weighted by atomic mass is 10.1. The number of carbonyl (C=O) groups excluding carboxylic acids is 1. The first-order valence-corrected chi connectivity index (χ1v) is 7.85. The number of benzene rings is 1. The summed E-state index contributed by atoms with van der Waals surface area (Å²) in [6, 6.07) is 5.30. The van der Waals surface area contributed by atoms with Gasteiger partial charge >= 0.3 is 0 Å². The highest BCUT2D eigenvalue weighted by Crippen LogP contribution is 2.29. The highest BCUT2D eigenvalue weighted by atomic mass is 32.1. The molecule has 0 saturated heterocycles. The van der Waals surface area contributed by atoms with Crippen molar-refractivity contribution < 1.29 is 14.3 Å². The van der Waals surface area contributed by atoms with Crippen molar-refractivity contribution in [3.63, 3.8) is 0 Å². The summed E-state index contributed by atoms with van der Waals surface area (Å²) >= 11 is 1.55. The number of ether oxygens (including phenoxy) is 2. The summed E-state index contributed by atoms with van der Waals surface area (Å²) in [5, 5.41) is 2.89. The summed E-state index contributed by atoms with van der Waals surface area (Å²) < 4.78 is 11.0. The van der Waals surface area contributed by atoms with Gasteiger partial charge in [0.05, 0.1) is 30.3 Å². The molecule has 0 fully saturated rings. The van der Waals surface area contributed by atoms with Crippen LogP contribution in [-0.4, -0.2) is 24.0 Å². The minimum absolute atomic E-state index is 0.0318. The lowest BCUT2D eigenvalue weighted by Gasteiger charge is -2.11. The van der Waals surface area contributed by atoms with Crippen LogP contribution in [0.5, 0.6) is 11.5 Å². The zero-order valence-electron chi connectivity index (χ0n) is 12.5. The van der Waals surface area contributed by atoms with Crippen LogP contribution in [0.25, 0.3) is 0 Å². The molecular formula is C16H19NO3S. The molecule has 2 aromatic rings. The van der Waals surface area contributed by atoms with Crippen molar-refractivity contribution in [3.05, 3.63) is 39.8 Å². The van der Waals surface area contributed by atoms with Gasteiger partial charge in [0.25, 0.3) is 0 Å². The molecule has 0 aliphatic heterocycles. The average molecular weight is 305 g/mol. The van der Waals surface area contributed by atoms with Gasteiger partial charge in [0.2, 0.25) is 0 Å². The van der Waals surface area contributed by atoms with Crippen molar-refractivity contribution in [2.24, 2.45) is 0 Å². The molecular weight excluding hydrogens is 286 g/mol. The van der Waals surface area contributed by atoms with E-state index in [4.69, 9.17) is 9.47 Å². The SMILES string of the molecule is CCOc1ccc(C(=O)Cc2csc(C)n2)cc1OCC. The second-order valence-electron chi connectivity index (χ2n) is 4.49. The second-order valence-corrected chi connectivity index (χ2v) is 5.55. The molecule has 1 heterocycles. The fourth-order valence-corrected chi connectivity index (χ4v) is 2.59. The third kappa shape index (κ3) is 4.04. The number of Topliss-reactive ketones (excluding diaryl/α,β-unsaturated/α-hetero) is 1. The standard InChI is InChI=1S/C16H19NO3S/c1-4-19-15-7-6-12(8-16(15)20-5-2)14(18)9-13-10-21-11(3)17-13/h6-8,10H,4-5,9H2,1-3H3. The number of hydrogen-bond acceptors (Lipinski definition) is 5. The molecule has 0 amide bonds. The first-order chi connectivity index (χ1) is 10.1. The molecule has 5 heteroatoms. The molecule has 0 spiro atoms. The van der Waals surface area contributed by atoms with Gasteiger partial charge in [0.1, 0.15) is 0 Å². The van der Waals surface area contributed by atoms with Crippen LogP contribution in [0.1, 0.15) is 34.9 Å². The van der Waals surface area contributed by atoms with Gasteiger partial charge in [-0.2, -0.15) is 0 Å². The number of rotatable bonds is 7. The molecule has 1 aromatic carbocycles. The van der Waals surface area contributed by atoms with E-state index in [2.05, 4.69) is 4.98 Å². The van der Waals surface area contributed by atoms with Crippen molar-refractivity contribution in [2.45, 2.75) is 27.2 Å². The zero-order chi connectivity index (χ0) is 15.2. The van der Waals surface area contributed by atoms with Crippen molar-refractivity contribution in [1.82, 2.24) is 4.98 Å². The van der Waals surface area contributed by atoms with Gasteiger partial charge in [-0.05, 0) is 39.0 Å². The molecule has 2 rings (SSSR count). The van der Waals surface area contributed by atoms with Gasteiger partial charge in [-0.1, -0.05) is 0 Å². The van der Waals surface area contributed by atoms with E-state index in [1.807, 2.05) is 26.2 Å². The number of carbonyl (C=O) groups is 1. The molecule has 0 radical (unpaired) electrons. The van der Waals surface area contributed by atoms with Crippen LogP contribution < -0.4 is 9.47 Å². The van der Waals surface area contributed by atoms with Crippen LogP contribution >= 0.6 is 11.3 Å². The van der Waals surface area contributed by atoms with Crippen LogP contribution in [0.4, 0.5) is 0 Å². The Morgan fingerprint density at radius 3 is 2.52 bits per heavy atom. The maximum Gasteiger partial charge on any atom is 0.168 e. The van der Waals surface area contributed by atoms with E-state index >= 15 is 0 Å². The fourth-order valence-electron chi connectivity index (χ4n) is 1.98. The summed E-state index contributed by atoms with van der Waals surface area (Å²) in [5.74, 6) is 1.31. The molecule has 0 unspecified atom stereocenters. The highest BCUT2D eigenvalue weighted by molar-refractivity contribution is 7.09. The largest absolute Gasteiger partial charge is 0.490 e. The van der Waals surface area contributed by atoms with Crippen molar-refractivity contribution in [2.75, 3.05) is 13.2 Å². The molecule has 0 bridgehead atoms. The molecule has 21 heavy (non-hydrogen) atoms. The van der Waals surface area contributed by atoms with Gasteiger partial charge < -0.3 is 9.47 Å². The van der Waals surface area contributed by atoms with Crippen LogP contribution in [0.2, 0.25) is 0 Å². The Balaban J connectivity index is 2.18. The number of hydrogen-bond donors (Lipinski definition) is 0. The monoisotopic (exact) mass is 305 g/mol. The van der Waals surface area contributed by atoms with Crippen molar-refractivity contribution in [1.29, 1.82) is 0 Å². The molecule has 0 saturated carbocycles. The number of aromatic nitrogens is 1. The Kier molecular flexibility index (Phi) is 5.33. The fraction of sp³-hybridized carbons (Fsp3) is 0.375. The summed E-state index contributed by atoms with van der Waals surface area (Å²) in [6.07, 6.45) is 0.309. The maximum atomic E-state index is 12.3. The van der Waals surface area contributed by atoms with Gasteiger partial charge in [-0.15, -0.1) is 11.3 Å². The van der Waals surface area contributed by atoms with E-state index in [0.717, 1.165) is 10.7 Å². The molecule has 0 aliphatic carbocycles. The molecule has 4 nitrogen and oxygen atoms in total. The summed E-state index contributed by atoms with van der Waals surface area (Å²) in [6.45, 7) is 6.85. The molecule has 0 atom stereocenters. The van der Waals surface area contributed by atoms with Gasteiger partial charge in [-0.3, -0.25) is 4.79 Å². The van der Waals surface area contributed by atoms with E-state index in [0.29, 0.717) is 36.7 Å². The van der Waals surface area contributed by atoms with Crippen LogP contribution in [0.3, 0.4) is 0 Å². The molecule has 1 aromatic heterocycles. The minimum atomic E-state index is 0.0318. The normalized spacial score (nSPS) is 10.4. The smallest absolute Gasteiger partial charge is 0.168 e. The van der Waals surface area contributed by atoms with Gasteiger partial charge in [0.15, 0.2) is 17.3 Å². The second kappa shape index (κ2) is 7.22. The van der Waals surface area contributed by atoms with Gasteiger partial charge in [0, 0.05) is 10.9 Å². The lowest BCUT2D eigenvalue weighted by molar-refractivity contribution is 0.0991. The topological polar surface area (TPSA) is 48.4 Å². The Hall–Kier alpha value is -1.88. The van der Waals surface area contributed by atoms with E-state index < -0.39 is 0 Å². The Bertz CT molecular complexity index is 622. The zero-order valence-corrected chi connectivity index (χ0v) is 13.3. The van der Waals surface area contributed by atoms with E-state index in [1.165, 1.54) is 0 Å². The number of nitrogens with zero attached hydrogens (tertiary/aromatic N) is 1. The third-order valence-corrected chi connectivity index (χ3v) is 3.70. The Morgan fingerprint density at radius 1 is 1.19 bits per heavy atom. The molecule has 0 N–H and O–H groups in total. The van der Waals surface area contributed by atoms with Crippen LogP contribution in [0, 0.1) is 6.92 Å². The predicted molar refractivity (Wildman–Crippen MR) is 83.7 cm³/mol. The first kappa shape index (κ1) is 15.5. The highest BCUT2D eigenvalue weighted by Gasteiger charge is 2.13. The van der Waals surface area contributed by atoms with Crippen molar-refractivity contribution in [3.8, 4) is 11.5 Å². The quantitative estimate of drug-likeness (QED) is 0.732. The van der Waals surface area contributed by atoms with Crippen LogP contribution in [0.15, 0.2) is 23.6 Å². The maximum absolute atomic E-state index is 12.3. The number of thiazole rings is 1. The van der Waals surface area contributed by atoms with E-state index in [-0.39, 0.29) is 5.78 Å². The van der Waals surface area contributed by atoms with E-state index in [1.54, 1.807) is 29.5 Å². The first-order valence-electron chi connectivity index (χ1n) is 6.97. The van der Waals surface area contributed by atoms with Crippen molar-refractivity contribution >= 4 is 17.1 Å². The molecule has 0 aliphatic rings. The third-order valence-electron chi connectivity index (χ3n) is 2.87. The van der Waals surface area contributed by atoms with E-state index in [9.17, 15) is 4.79 Å². The summed E-state index contributed by atoms with van der Waals surface area (Å²) in [5.41, 5.74) is 1.43. The summed E-state index contributed by atoms with van der Waals surface area (Å²) in [7, 11) is 0. The Morgan fingerprint density at radius 2 is 1.90 bits per heavy atom. The number of ketones is 1. The predicted octanol–water partition coefficient (Wildman–Crippen LogP) is 3.67. The Labute approximate surface area is 128 Å². The average Bonchev–Trinajstić information content (AvgIpc) is 2.86. The van der Waals surface area contributed by atoms with Gasteiger partial charge in [-0.25, -0.2) is 4.98 Å². The summed E-state index contributed by atoms with van der Waals surface area (Å²) in [4.78, 5) is 16.6. The number of aryl methyl sites for hydroxylation is 1. The molecule has 112 valence electrons. The van der Waals surface area contributed by atoms with Crippen LogP contribution in [-0.2, 0) is 6.42 Å². The lowest BCUT2D eigenvalue weighted by Crippen LogP contribution is -2.06. The minimum Gasteiger partial charge on any atom is -0.490 e.